The molecule has 1 aliphatic heterocycles. The third-order valence-corrected chi connectivity index (χ3v) is 7.57. The summed E-state index contributed by atoms with van der Waals surface area (Å²) in [7, 11) is 0. The van der Waals surface area contributed by atoms with Crippen molar-refractivity contribution < 1.29 is 37.0 Å². The number of nitrogens with zero attached hydrogens (tertiary/aromatic N) is 2. The molecule has 0 radical (unpaired) electrons. The fourth-order valence-corrected chi connectivity index (χ4v) is 5.40. The number of benzene rings is 1. The molecule has 2 saturated carbocycles. The summed E-state index contributed by atoms with van der Waals surface area (Å²) in [6.07, 6.45) is 1.86. The van der Waals surface area contributed by atoms with Gasteiger partial charge in [-0.15, -0.1) is 0 Å². The molecule has 4 rings (SSSR count). The van der Waals surface area contributed by atoms with Crippen molar-refractivity contribution in [3.8, 4) is 11.8 Å². The molecule has 14 heteroatoms. The number of nitrogens with one attached hydrogen (secondary N) is 3. The van der Waals surface area contributed by atoms with Crippen molar-refractivity contribution in [2.75, 3.05) is 0 Å². The van der Waals surface area contributed by atoms with Crippen molar-refractivity contribution in [2.45, 2.75) is 76.2 Å². The lowest BCUT2D eigenvalue weighted by Crippen LogP contribution is -2.54. The monoisotopic (exact) mass is 599 g/mol. The van der Waals surface area contributed by atoms with Gasteiger partial charge in [-0.25, -0.2) is 14.6 Å². The lowest BCUT2D eigenvalue weighted by atomic mass is 9.65. The molecule has 0 bridgehead atoms. The van der Waals surface area contributed by atoms with Crippen LogP contribution in [-0.2, 0) is 14.3 Å². The summed E-state index contributed by atoms with van der Waals surface area (Å²) in [5.41, 5.74) is 0.306. The second-order valence-corrected chi connectivity index (χ2v) is 10.7. The van der Waals surface area contributed by atoms with Crippen LogP contribution in [0.2, 0.25) is 0 Å². The zero-order valence-corrected chi connectivity index (χ0v) is 21.9. The van der Waals surface area contributed by atoms with E-state index in [0.29, 0.717) is 0 Å². The average Bonchev–Trinajstić information content (AvgIpc) is 3.67. The molecule has 10 nitrogen and oxygen atoms in total. The highest BCUT2D eigenvalue weighted by Crippen LogP contribution is 2.48. The maximum atomic E-state index is 14.2. The standard InChI is InChI=1S/C24H25BrF3N5O5/c1-12(30-19(34)20(35)31-13-2-3-13)10-23(11-29)4-6-24(7-5-23)18(32-33-22(36)38-24)14-8-17(37-21(27)28)16(26)9-15(14)25/h8-9,12-13,21H,2-7,10H2,1H3,(H,30,34)(H,31,35)(H,33,36)/t12-,23?,24?/m0/s1. The van der Waals surface area contributed by atoms with Gasteiger partial charge in [-0.1, -0.05) is 0 Å². The van der Waals surface area contributed by atoms with Gasteiger partial charge < -0.3 is 20.1 Å². The molecule has 1 aromatic carbocycles. The number of hydrazone groups is 1. The van der Waals surface area contributed by atoms with Gasteiger partial charge in [0, 0.05) is 22.1 Å². The van der Waals surface area contributed by atoms with E-state index in [2.05, 4.69) is 47.9 Å². The van der Waals surface area contributed by atoms with Gasteiger partial charge in [0.05, 0.1) is 11.5 Å². The maximum Gasteiger partial charge on any atom is 0.428 e. The quantitative estimate of drug-likeness (QED) is 0.409. The van der Waals surface area contributed by atoms with E-state index >= 15 is 0 Å². The number of ether oxygens (including phenoxy) is 2. The van der Waals surface area contributed by atoms with Crippen molar-refractivity contribution >= 4 is 39.5 Å². The molecule has 2 fully saturated rings. The first kappa shape index (κ1) is 27.7. The van der Waals surface area contributed by atoms with Crippen molar-refractivity contribution in [2.24, 2.45) is 10.5 Å². The summed E-state index contributed by atoms with van der Waals surface area (Å²) in [5, 5.41) is 19.4. The fourth-order valence-electron chi connectivity index (χ4n) is 4.89. The van der Waals surface area contributed by atoms with Crippen LogP contribution in [0.3, 0.4) is 0 Å². The zero-order chi connectivity index (χ0) is 27.7. The minimum Gasteiger partial charge on any atom is -0.435 e. The van der Waals surface area contributed by atoms with Gasteiger partial charge in [-0.05, 0) is 79.9 Å². The van der Waals surface area contributed by atoms with E-state index in [1.165, 1.54) is 0 Å². The van der Waals surface area contributed by atoms with Crippen molar-refractivity contribution in [3.63, 3.8) is 0 Å². The van der Waals surface area contributed by atoms with E-state index < -0.39 is 53.1 Å². The normalized spacial score (nSPS) is 25.5. The molecule has 204 valence electrons. The number of amides is 3. The molecule has 0 saturated heterocycles. The van der Waals surface area contributed by atoms with E-state index in [0.717, 1.165) is 25.0 Å². The number of rotatable bonds is 7. The van der Waals surface area contributed by atoms with E-state index in [1.54, 1.807) is 6.92 Å². The highest BCUT2D eigenvalue weighted by Gasteiger charge is 2.51. The van der Waals surface area contributed by atoms with Crippen LogP contribution in [0, 0.1) is 22.6 Å². The molecular formula is C24H25BrF3N5O5. The molecular weight excluding hydrogens is 575 g/mol. The van der Waals surface area contributed by atoms with Crippen LogP contribution in [0.4, 0.5) is 18.0 Å². The second kappa shape index (κ2) is 10.8. The minimum atomic E-state index is -3.26. The first-order chi connectivity index (χ1) is 18.0. The zero-order valence-electron chi connectivity index (χ0n) is 20.3. The number of alkyl halides is 2. The molecule has 1 atom stereocenters. The van der Waals surface area contributed by atoms with Crippen LogP contribution in [0.15, 0.2) is 21.7 Å². The third-order valence-electron chi connectivity index (χ3n) is 6.92. The Morgan fingerprint density at radius 1 is 1.29 bits per heavy atom. The number of nitriles is 1. The second-order valence-electron chi connectivity index (χ2n) is 9.82. The summed E-state index contributed by atoms with van der Waals surface area (Å²) in [6.45, 7) is -1.56. The molecule has 0 unspecified atom stereocenters. The maximum absolute atomic E-state index is 14.2. The van der Waals surface area contributed by atoms with Gasteiger partial charge in [-0.3, -0.25) is 9.59 Å². The van der Waals surface area contributed by atoms with Gasteiger partial charge in [-0.2, -0.15) is 19.1 Å². The molecule has 1 aromatic rings. The van der Waals surface area contributed by atoms with Crippen molar-refractivity contribution in [1.82, 2.24) is 16.1 Å². The van der Waals surface area contributed by atoms with Crippen LogP contribution in [0.25, 0.3) is 0 Å². The Labute approximate surface area is 224 Å². The van der Waals surface area contributed by atoms with E-state index in [9.17, 15) is 32.8 Å². The topological polar surface area (TPSA) is 142 Å². The Morgan fingerprint density at radius 2 is 1.97 bits per heavy atom. The Balaban J connectivity index is 1.51. The lowest BCUT2D eigenvalue weighted by Gasteiger charge is -2.45. The van der Waals surface area contributed by atoms with Crippen molar-refractivity contribution in [1.29, 1.82) is 5.26 Å². The van der Waals surface area contributed by atoms with Crippen LogP contribution in [-0.4, -0.2) is 47.9 Å². The SMILES string of the molecule is C[C@@H](CC1(C#N)CCC2(CC1)OC(=O)NN=C2c1cc(OC(F)F)c(F)cc1Br)NC(=O)C(=O)NC1CC1. The smallest absolute Gasteiger partial charge is 0.428 e. The Bertz CT molecular complexity index is 1210. The average molecular weight is 600 g/mol. The van der Waals surface area contributed by atoms with Crippen LogP contribution in [0.1, 0.15) is 57.4 Å². The minimum absolute atomic E-state index is 0.0336. The predicted molar refractivity (Wildman–Crippen MR) is 130 cm³/mol. The number of hydrogen-bond acceptors (Lipinski definition) is 7. The number of carbonyl (C=O) groups is 3. The molecule has 1 heterocycles. The van der Waals surface area contributed by atoms with Gasteiger partial charge in [0.15, 0.2) is 17.2 Å². The van der Waals surface area contributed by atoms with Gasteiger partial charge in [0.1, 0.15) is 5.71 Å². The third kappa shape index (κ3) is 6.03. The number of halogens is 4. The molecule has 38 heavy (non-hydrogen) atoms. The molecule has 3 N–H and O–H groups in total. The Morgan fingerprint density at radius 3 is 2.58 bits per heavy atom. The predicted octanol–water partition coefficient (Wildman–Crippen LogP) is 3.63. The van der Waals surface area contributed by atoms with Gasteiger partial charge in [0.25, 0.3) is 0 Å². The van der Waals surface area contributed by atoms with E-state index in [-0.39, 0.29) is 53.9 Å². The summed E-state index contributed by atoms with van der Waals surface area (Å²) < 4.78 is 49.9. The molecule has 3 amide bonds. The fraction of sp³-hybridized carbons (Fsp3) is 0.542. The van der Waals surface area contributed by atoms with E-state index in [1.807, 2.05) is 0 Å². The van der Waals surface area contributed by atoms with Crippen LogP contribution >= 0.6 is 15.9 Å². The molecule has 0 aromatic heterocycles. The number of carbonyl (C=O) groups excluding carboxylic acids is 3. The largest absolute Gasteiger partial charge is 0.435 e. The highest BCUT2D eigenvalue weighted by molar-refractivity contribution is 9.10. The lowest BCUT2D eigenvalue weighted by molar-refractivity contribution is -0.139. The first-order valence-electron chi connectivity index (χ1n) is 12.0. The summed E-state index contributed by atoms with van der Waals surface area (Å²) in [5.74, 6) is -3.21. The summed E-state index contributed by atoms with van der Waals surface area (Å²) in [4.78, 5) is 36.3. The Hall–Kier alpha value is -3.34. The number of hydrogen-bond donors (Lipinski definition) is 3. The molecule has 1 spiro atoms. The highest BCUT2D eigenvalue weighted by atomic mass is 79.9. The first-order valence-corrected chi connectivity index (χ1v) is 12.8. The molecule has 3 aliphatic rings. The summed E-state index contributed by atoms with van der Waals surface area (Å²) >= 11 is 3.21. The summed E-state index contributed by atoms with van der Waals surface area (Å²) in [6, 6.07) is 3.85. The van der Waals surface area contributed by atoms with Crippen molar-refractivity contribution in [3.05, 3.63) is 28.0 Å². The molecule has 2 aliphatic carbocycles. The van der Waals surface area contributed by atoms with Crippen LogP contribution in [0.5, 0.6) is 5.75 Å². The van der Waals surface area contributed by atoms with E-state index in [4.69, 9.17) is 4.74 Å². The van der Waals surface area contributed by atoms with Gasteiger partial charge in [0.2, 0.25) is 0 Å². The van der Waals surface area contributed by atoms with Crippen LogP contribution < -0.4 is 20.8 Å². The van der Waals surface area contributed by atoms with Gasteiger partial charge >= 0.3 is 24.5 Å². The Kier molecular flexibility index (Phi) is 7.87.